The van der Waals surface area contributed by atoms with Crippen LogP contribution in [0.15, 0.2) is 34.1 Å². The largest absolute Gasteiger partial charge is 0.337 e. The van der Waals surface area contributed by atoms with E-state index in [-0.39, 0.29) is 17.7 Å². The summed E-state index contributed by atoms with van der Waals surface area (Å²) in [7, 11) is 2.05. The molecule has 1 fully saturated rings. The van der Waals surface area contributed by atoms with Crippen LogP contribution in [-0.2, 0) is 4.79 Å². The zero-order valence-electron chi connectivity index (χ0n) is 18.1. The molecule has 1 aliphatic rings. The number of piperazine rings is 1. The Hall–Kier alpha value is -2.23. The molecular formula is C22H27BrN4O3S. The first kappa shape index (κ1) is 23.4. The second-order valence-electron chi connectivity index (χ2n) is 8.26. The molecule has 3 rings (SSSR count). The molecule has 3 amide bonds. The fraction of sp³-hybridized carbons (Fsp3) is 0.409. The summed E-state index contributed by atoms with van der Waals surface area (Å²) in [5, 5.41) is 5.62. The molecule has 166 valence electrons. The zero-order valence-corrected chi connectivity index (χ0v) is 20.5. The van der Waals surface area contributed by atoms with E-state index in [0.29, 0.717) is 29.2 Å². The first-order valence-corrected chi connectivity index (χ1v) is 11.7. The normalized spacial score (nSPS) is 14.9. The van der Waals surface area contributed by atoms with Crippen LogP contribution < -0.4 is 10.6 Å². The van der Waals surface area contributed by atoms with Crippen molar-refractivity contribution in [3.63, 3.8) is 0 Å². The molecule has 9 heteroatoms. The standard InChI is InChI=1S/C22H27BrN4O3S/c1-14-13-15(5-6-16(14)20(29)27-11-9-26(4)10-12-27)24-21(30)22(2,3)25-19(28)17-7-8-18(23)31-17/h5-8,13H,9-12H2,1-4H3,(H,24,30)(H,25,28). The number of benzene rings is 1. The Bertz CT molecular complexity index is 996. The molecule has 0 bridgehead atoms. The number of hydrogen-bond acceptors (Lipinski definition) is 5. The quantitative estimate of drug-likeness (QED) is 0.651. The zero-order chi connectivity index (χ0) is 22.8. The molecule has 0 aliphatic carbocycles. The molecule has 1 aromatic heterocycles. The van der Waals surface area contributed by atoms with Gasteiger partial charge in [-0.15, -0.1) is 11.3 Å². The van der Waals surface area contributed by atoms with Crippen LogP contribution in [0.25, 0.3) is 0 Å². The van der Waals surface area contributed by atoms with E-state index in [1.165, 1.54) is 11.3 Å². The average Bonchev–Trinajstić information content (AvgIpc) is 3.14. The summed E-state index contributed by atoms with van der Waals surface area (Å²) in [6.45, 7) is 8.32. The third-order valence-electron chi connectivity index (χ3n) is 5.30. The maximum absolute atomic E-state index is 12.8. The first-order valence-electron chi connectivity index (χ1n) is 10.0. The van der Waals surface area contributed by atoms with Crippen LogP contribution in [0.4, 0.5) is 5.69 Å². The Morgan fingerprint density at radius 2 is 1.74 bits per heavy atom. The lowest BCUT2D eigenvalue weighted by Gasteiger charge is -2.32. The molecule has 31 heavy (non-hydrogen) atoms. The van der Waals surface area contributed by atoms with Gasteiger partial charge >= 0.3 is 0 Å². The second-order valence-corrected chi connectivity index (χ2v) is 10.7. The van der Waals surface area contributed by atoms with Crippen LogP contribution in [0, 0.1) is 6.92 Å². The average molecular weight is 507 g/mol. The van der Waals surface area contributed by atoms with Crippen molar-refractivity contribution >= 4 is 50.7 Å². The van der Waals surface area contributed by atoms with Gasteiger partial charge < -0.3 is 20.4 Å². The maximum atomic E-state index is 12.8. The molecule has 2 aromatic rings. The number of thiophene rings is 1. The highest BCUT2D eigenvalue weighted by Crippen LogP contribution is 2.23. The number of nitrogens with zero attached hydrogens (tertiary/aromatic N) is 2. The lowest BCUT2D eigenvalue weighted by molar-refractivity contribution is -0.120. The van der Waals surface area contributed by atoms with Crippen LogP contribution in [0.1, 0.15) is 39.4 Å². The number of aryl methyl sites for hydroxylation is 1. The summed E-state index contributed by atoms with van der Waals surface area (Å²) >= 11 is 4.64. The molecule has 7 nitrogen and oxygen atoms in total. The van der Waals surface area contributed by atoms with Crippen LogP contribution in [0.5, 0.6) is 0 Å². The maximum Gasteiger partial charge on any atom is 0.262 e. The predicted octanol–water partition coefficient (Wildman–Crippen LogP) is 3.35. The molecule has 0 spiro atoms. The van der Waals surface area contributed by atoms with Gasteiger partial charge in [-0.1, -0.05) is 0 Å². The van der Waals surface area contributed by atoms with Crippen molar-refractivity contribution < 1.29 is 14.4 Å². The highest BCUT2D eigenvalue weighted by Gasteiger charge is 2.30. The Kier molecular flexibility index (Phi) is 7.18. The number of likely N-dealkylation sites (N-methyl/N-ethyl adjacent to an activating group) is 1. The van der Waals surface area contributed by atoms with Gasteiger partial charge in [0.1, 0.15) is 5.54 Å². The monoisotopic (exact) mass is 506 g/mol. The van der Waals surface area contributed by atoms with Gasteiger partial charge in [0.25, 0.3) is 11.8 Å². The highest BCUT2D eigenvalue weighted by molar-refractivity contribution is 9.11. The SMILES string of the molecule is Cc1cc(NC(=O)C(C)(C)NC(=O)c2ccc(Br)s2)ccc1C(=O)N1CCN(C)CC1. The van der Waals surface area contributed by atoms with Crippen LogP contribution in [0.2, 0.25) is 0 Å². The molecule has 1 aliphatic heterocycles. The van der Waals surface area contributed by atoms with Gasteiger partial charge in [-0.05, 0) is 79.6 Å². The topological polar surface area (TPSA) is 81.8 Å². The van der Waals surface area contributed by atoms with Gasteiger partial charge in [0.05, 0.1) is 8.66 Å². The van der Waals surface area contributed by atoms with E-state index in [1.54, 1.807) is 44.2 Å². The molecular weight excluding hydrogens is 480 g/mol. The smallest absolute Gasteiger partial charge is 0.262 e. The van der Waals surface area contributed by atoms with Crippen molar-refractivity contribution in [2.75, 3.05) is 38.5 Å². The molecule has 1 aromatic carbocycles. The lowest BCUT2D eigenvalue weighted by Crippen LogP contribution is -2.52. The molecule has 1 saturated heterocycles. The number of carbonyl (C=O) groups is 3. The van der Waals surface area contributed by atoms with Crippen molar-refractivity contribution in [2.45, 2.75) is 26.3 Å². The third-order valence-corrected chi connectivity index (χ3v) is 6.92. The fourth-order valence-electron chi connectivity index (χ4n) is 3.29. The van der Waals surface area contributed by atoms with Crippen molar-refractivity contribution in [1.29, 1.82) is 0 Å². The van der Waals surface area contributed by atoms with E-state index < -0.39 is 5.54 Å². The minimum Gasteiger partial charge on any atom is -0.337 e. The molecule has 2 heterocycles. The Morgan fingerprint density at radius 1 is 1.06 bits per heavy atom. The van der Waals surface area contributed by atoms with Crippen LogP contribution in [-0.4, -0.2) is 66.3 Å². The van der Waals surface area contributed by atoms with E-state index in [2.05, 4.69) is 31.5 Å². The van der Waals surface area contributed by atoms with Crippen LogP contribution >= 0.6 is 27.3 Å². The van der Waals surface area contributed by atoms with E-state index in [9.17, 15) is 14.4 Å². The Labute approximate surface area is 194 Å². The summed E-state index contributed by atoms with van der Waals surface area (Å²) in [6.07, 6.45) is 0. The number of amides is 3. The number of nitrogens with one attached hydrogen (secondary N) is 2. The number of rotatable bonds is 5. The van der Waals surface area contributed by atoms with Gasteiger partial charge in [-0.2, -0.15) is 0 Å². The van der Waals surface area contributed by atoms with Gasteiger partial charge in [0.2, 0.25) is 5.91 Å². The molecule has 2 N–H and O–H groups in total. The molecule has 0 atom stereocenters. The summed E-state index contributed by atoms with van der Waals surface area (Å²) in [6, 6.07) is 8.76. The third kappa shape index (κ3) is 5.72. The number of halogens is 1. The van der Waals surface area contributed by atoms with Crippen molar-refractivity contribution in [1.82, 2.24) is 15.1 Å². The summed E-state index contributed by atoms with van der Waals surface area (Å²) < 4.78 is 0.849. The van der Waals surface area contributed by atoms with E-state index in [4.69, 9.17) is 0 Å². The summed E-state index contributed by atoms with van der Waals surface area (Å²) in [5.41, 5.74) is 0.902. The Morgan fingerprint density at radius 3 is 2.32 bits per heavy atom. The van der Waals surface area contributed by atoms with Gasteiger partial charge in [0, 0.05) is 37.4 Å². The van der Waals surface area contributed by atoms with Crippen molar-refractivity contribution in [3.05, 3.63) is 50.1 Å². The lowest BCUT2D eigenvalue weighted by atomic mass is 10.0. The second kappa shape index (κ2) is 9.50. The number of anilines is 1. The summed E-state index contributed by atoms with van der Waals surface area (Å²) in [4.78, 5) is 42.7. The minimum atomic E-state index is -1.12. The molecule has 0 saturated carbocycles. The predicted molar refractivity (Wildman–Crippen MR) is 127 cm³/mol. The van der Waals surface area contributed by atoms with Gasteiger partial charge in [-0.3, -0.25) is 14.4 Å². The Balaban J connectivity index is 1.65. The van der Waals surface area contributed by atoms with Gasteiger partial charge in [-0.25, -0.2) is 0 Å². The number of hydrogen-bond donors (Lipinski definition) is 2. The van der Waals surface area contributed by atoms with Gasteiger partial charge in [0.15, 0.2) is 0 Å². The number of carbonyl (C=O) groups excluding carboxylic acids is 3. The van der Waals surface area contributed by atoms with E-state index in [0.717, 1.165) is 22.4 Å². The minimum absolute atomic E-state index is 0.0122. The van der Waals surface area contributed by atoms with E-state index in [1.807, 2.05) is 18.9 Å². The van der Waals surface area contributed by atoms with Crippen molar-refractivity contribution in [2.24, 2.45) is 0 Å². The highest BCUT2D eigenvalue weighted by atomic mass is 79.9. The first-order chi connectivity index (χ1) is 14.6. The van der Waals surface area contributed by atoms with Crippen molar-refractivity contribution in [3.8, 4) is 0 Å². The summed E-state index contributed by atoms with van der Waals surface area (Å²) in [5.74, 6) is -0.632. The van der Waals surface area contributed by atoms with E-state index >= 15 is 0 Å². The van der Waals surface area contributed by atoms with Crippen LogP contribution in [0.3, 0.4) is 0 Å². The molecule has 0 radical (unpaired) electrons. The molecule has 0 unspecified atom stereocenters. The fourth-order valence-corrected chi connectivity index (χ4v) is 4.57.